The third-order valence-corrected chi connectivity index (χ3v) is 3.70. The molecule has 4 heteroatoms. The van der Waals surface area contributed by atoms with E-state index in [9.17, 15) is 4.79 Å². The first-order valence-electron chi connectivity index (χ1n) is 5.83. The number of amides is 1. The summed E-state index contributed by atoms with van der Waals surface area (Å²) in [5, 5.41) is 0.588. The monoisotopic (exact) mass is 248 g/mol. The van der Waals surface area contributed by atoms with Crippen molar-refractivity contribution in [3.05, 3.63) is 29.3 Å². The molecule has 1 aromatic carbocycles. The number of fused-ring (bicyclic) bond motifs is 1. The molecular formula is C13H16N2OS. The predicted molar refractivity (Wildman–Crippen MR) is 71.5 cm³/mol. The summed E-state index contributed by atoms with van der Waals surface area (Å²) in [7, 11) is 1.84. The molecule has 3 nitrogen and oxygen atoms in total. The van der Waals surface area contributed by atoms with Crippen molar-refractivity contribution in [3.63, 3.8) is 0 Å². The van der Waals surface area contributed by atoms with Crippen LogP contribution in [0.3, 0.4) is 0 Å². The van der Waals surface area contributed by atoms with Gasteiger partial charge in [-0.25, -0.2) is 4.98 Å². The molecule has 90 valence electrons. The Morgan fingerprint density at radius 2 is 2.18 bits per heavy atom. The molecule has 0 aliphatic rings. The van der Waals surface area contributed by atoms with Gasteiger partial charge in [0, 0.05) is 13.6 Å². The number of nitrogens with zero attached hydrogens (tertiary/aromatic N) is 2. The lowest BCUT2D eigenvalue weighted by atomic mass is 10.3. The van der Waals surface area contributed by atoms with Crippen LogP contribution in [-0.2, 0) is 0 Å². The maximum Gasteiger partial charge on any atom is 0.282 e. The third-order valence-electron chi connectivity index (χ3n) is 2.67. The molecule has 1 amide bonds. The van der Waals surface area contributed by atoms with Crippen molar-refractivity contribution in [1.29, 1.82) is 0 Å². The van der Waals surface area contributed by atoms with Crippen molar-refractivity contribution in [2.45, 2.75) is 19.8 Å². The van der Waals surface area contributed by atoms with E-state index < -0.39 is 0 Å². The lowest BCUT2D eigenvalue weighted by molar-refractivity contribution is 0.0793. The fraction of sp³-hybridized carbons (Fsp3) is 0.385. The highest BCUT2D eigenvalue weighted by atomic mass is 32.1. The highest BCUT2D eigenvalue weighted by molar-refractivity contribution is 7.20. The predicted octanol–water partition coefficient (Wildman–Crippen LogP) is 3.17. The minimum Gasteiger partial charge on any atom is -0.340 e. The van der Waals surface area contributed by atoms with E-state index in [2.05, 4.69) is 11.9 Å². The number of carbonyl (C=O) groups excluding carboxylic acids is 1. The molecule has 0 aliphatic carbocycles. The van der Waals surface area contributed by atoms with Crippen LogP contribution in [0.1, 0.15) is 29.6 Å². The summed E-state index contributed by atoms with van der Waals surface area (Å²) in [6.07, 6.45) is 2.13. The topological polar surface area (TPSA) is 33.2 Å². The van der Waals surface area contributed by atoms with E-state index in [4.69, 9.17) is 0 Å². The first kappa shape index (κ1) is 12.0. The van der Waals surface area contributed by atoms with Gasteiger partial charge in [-0.05, 0) is 18.6 Å². The Morgan fingerprint density at radius 1 is 1.41 bits per heavy atom. The summed E-state index contributed by atoms with van der Waals surface area (Å²) in [6, 6.07) is 7.84. The fourth-order valence-electron chi connectivity index (χ4n) is 1.62. The summed E-state index contributed by atoms with van der Waals surface area (Å²) in [5.41, 5.74) is 0.907. The van der Waals surface area contributed by atoms with Crippen LogP contribution in [-0.4, -0.2) is 29.4 Å². The van der Waals surface area contributed by atoms with Crippen LogP contribution in [0.5, 0.6) is 0 Å². The van der Waals surface area contributed by atoms with Gasteiger partial charge in [-0.2, -0.15) is 0 Å². The second-order valence-corrected chi connectivity index (χ2v) is 5.10. The molecule has 0 unspecified atom stereocenters. The van der Waals surface area contributed by atoms with Crippen LogP contribution in [0.25, 0.3) is 10.2 Å². The summed E-state index contributed by atoms with van der Waals surface area (Å²) in [6.45, 7) is 2.92. The quantitative estimate of drug-likeness (QED) is 0.832. The van der Waals surface area contributed by atoms with E-state index in [0.29, 0.717) is 5.01 Å². The number of carbonyl (C=O) groups is 1. The molecule has 0 fully saturated rings. The summed E-state index contributed by atoms with van der Waals surface area (Å²) >= 11 is 1.46. The number of hydrogen-bond acceptors (Lipinski definition) is 3. The zero-order valence-electron chi connectivity index (χ0n) is 10.1. The zero-order chi connectivity index (χ0) is 12.3. The van der Waals surface area contributed by atoms with Crippen LogP contribution >= 0.6 is 11.3 Å². The van der Waals surface area contributed by atoms with Gasteiger partial charge in [0.05, 0.1) is 10.2 Å². The Bertz CT molecular complexity index is 488. The number of thiazole rings is 1. The molecule has 1 aromatic heterocycles. The van der Waals surface area contributed by atoms with E-state index in [1.807, 2.05) is 31.3 Å². The Hall–Kier alpha value is -1.42. The Balaban J connectivity index is 2.18. The lowest BCUT2D eigenvalue weighted by Gasteiger charge is -2.14. The standard InChI is InChI=1S/C13H16N2OS/c1-3-4-9-15(2)13(16)12-14-10-7-5-6-8-11(10)17-12/h5-8H,3-4,9H2,1-2H3. The molecule has 0 saturated carbocycles. The SMILES string of the molecule is CCCCN(C)C(=O)c1nc2ccccc2s1. The molecule has 0 bridgehead atoms. The van der Waals surface area contributed by atoms with E-state index in [1.165, 1.54) is 11.3 Å². The number of para-hydroxylation sites is 1. The van der Waals surface area contributed by atoms with E-state index >= 15 is 0 Å². The molecular weight excluding hydrogens is 232 g/mol. The molecule has 0 radical (unpaired) electrons. The normalized spacial score (nSPS) is 10.7. The molecule has 2 rings (SSSR count). The van der Waals surface area contributed by atoms with Crippen LogP contribution < -0.4 is 0 Å². The molecule has 0 N–H and O–H groups in total. The molecule has 0 saturated heterocycles. The average Bonchev–Trinajstić information content (AvgIpc) is 2.78. The number of hydrogen-bond donors (Lipinski definition) is 0. The molecule has 2 aromatic rings. The molecule has 17 heavy (non-hydrogen) atoms. The fourth-order valence-corrected chi connectivity index (χ4v) is 2.58. The van der Waals surface area contributed by atoms with Gasteiger partial charge in [-0.1, -0.05) is 25.5 Å². The number of unbranched alkanes of at least 4 members (excludes halogenated alkanes) is 1. The Kier molecular flexibility index (Phi) is 3.74. The summed E-state index contributed by atoms with van der Waals surface area (Å²) in [4.78, 5) is 18.2. The lowest BCUT2D eigenvalue weighted by Crippen LogP contribution is -2.27. The smallest absolute Gasteiger partial charge is 0.282 e. The van der Waals surface area contributed by atoms with Gasteiger partial charge in [0.2, 0.25) is 0 Å². The summed E-state index contributed by atoms with van der Waals surface area (Å²) in [5.74, 6) is 0.0275. The van der Waals surface area contributed by atoms with Crippen molar-refractivity contribution in [2.24, 2.45) is 0 Å². The zero-order valence-corrected chi connectivity index (χ0v) is 11.0. The van der Waals surface area contributed by atoms with Crippen LogP contribution in [0.4, 0.5) is 0 Å². The van der Waals surface area contributed by atoms with E-state index in [1.54, 1.807) is 4.90 Å². The molecule has 0 atom stereocenters. The van der Waals surface area contributed by atoms with Crippen LogP contribution in [0.2, 0.25) is 0 Å². The maximum atomic E-state index is 12.1. The Morgan fingerprint density at radius 3 is 2.88 bits per heavy atom. The maximum absolute atomic E-state index is 12.1. The average molecular weight is 248 g/mol. The van der Waals surface area contributed by atoms with Gasteiger partial charge in [0.25, 0.3) is 5.91 Å². The van der Waals surface area contributed by atoms with Gasteiger partial charge in [0.15, 0.2) is 5.01 Å². The van der Waals surface area contributed by atoms with Crippen molar-refractivity contribution in [2.75, 3.05) is 13.6 Å². The second kappa shape index (κ2) is 5.27. The second-order valence-electron chi connectivity index (χ2n) is 4.07. The van der Waals surface area contributed by atoms with Gasteiger partial charge >= 0.3 is 0 Å². The van der Waals surface area contributed by atoms with Crippen LogP contribution in [0, 0.1) is 0 Å². The van der Waals surface area contributed by atoms with Crippen molar-refractivity contribution < 1.29 is 4.79 Å². The highest BCUT2D eigenvalue weighted by Gasteiger charge is 2.15. The van der Waals surface area contributed by atoms with Gasteiger partial charge in [-0.15, -0.1) is 11.3 Å². The first-order chi connectivity index (χ1) is 8.22. The van der Waals surface area contributed by atoms with E-state index in [-0.39, 0.29) is 5.91 Å². The van der Waals surface area contributed by atoms with Crippen LogP contribution in [0.15, 0.2) is 24.3 Å². The third kappa shape index (κ3) is 2.64. The first-order valence-corrected chi connectivity index (χ1v) is 6.65. The summed E-state index contributed by atoms with van der Waals surface area (Å²) < 4.78 is 1.07. The molecule has 0 spiro atoms. The molecule has 0 aliphatic heterocycles. The minimum absolute atomic E-state index is 0.0275. The van der Waals surface area contributed by atoms with Crippen molar-refractivity contribution in [3.8, 4) is 0 Å². The van der Waals surface area contributed by atoms with Gasteiger partial charge in [0.1, 0.15) is 0 Å². The minimum atomic E-state index is 0.0275. The number of rotatable bonds is 4. The van der Waals surface area contributed by atoms with Crippen molar-refractivity contribution in [1.82, 2.24) is 9.88 Å². The Labute approximate surface area is 105 Å². The number of aromatic nitrogens is 1. The number of benzene rings is 1. The highest BCUT2D eigenvalue weighted by Crippen LogP contribution is 2.22. The largest absolute Gasteiger partial charge is 0.340 e. The van der Waals surface area contributed by atoms with E-state index in [0.717, 1.165) is 29.6 Å². The van der Waals surface area contributed by atoms with Gasteiger partial charge in [-0.3, -0.25) is 4.79 Å². The molecule has 1 heterocycles. The van der Waals surface area contributed by atoms with Crippen molar-refractivity contribution >= 4 is 27.5 Å². The van der Waals surface area contributed by atoms with Gasteiger partial charge < -0.3 is 4.90 Å².